The zero-order valence-electron chi connectivity index (χ0n) is 16.1. The first-order valence-corrected chi connectivity index (χ1v) is 9.02. The van der Waals surface area contributed by atoms with Crippen molar-refractivity contribution in [3.05, 3.63) is 63.8 Å². The Labute approximate surface area is 147 Å². The number of allylic oxidation sites excluding steroid dienone is 4. The lowest BCUT2D eigenvalue weighted by molar-refractivity contribution is 0.193. The van der Waals surface area contributed by atoms with Gasteiger partial charge in [0.2, 0.25) is 0 Å². The quantitative estimate of drug-likeness (QED) is 0.662. The van der Waals surface area contributed by atoms with E-state index in [-0.39, 0.29) is 12.0 Å². The molecule has 0 fully saturated rings. The van der Waals surface area contributed by atoms with Crippen molar-refractivity contribution in [3.8, 4) is 0 Å². The van der Waals surface area contributed by atoms with Crippen molar-refractivity contribution in [1.82, 2.24) is 0 Å². The average Bonchev–Trinajstić information content (AvgIpc) is 2.87. The second-order valence-corrected chi connectivity index (χ2v) is 8.09. The normalized spacial score (nSPS) is 18.1. The molecule has 1 heteroatoms. The zero-order valence-corrected chi connectivity index (χ0v) is 16.1. The number of aryl methyl sites for hydroxylation is 2. The van der Waals surface area contributed by atoms with Crippen LogP contribution in [0.25, 0.3) is 6.08 Å². The Balaban J connectivity index is 2.36. The van der Waals surface area contributed by atoms with Crippen molar-refractivity contribution in [2.75, 3.05) is 6.61 Å². The Kier molecular flexibility index (Phi) is 5.87. The SMILES string of the molecule is CC(C)=C/C=C(\C=C\c1cc2c(cc1C)C(C)CC2)C(C)(C)CO. The lowest BCUT2D eigenvalue weighted by Gasteiger charge is -2.23. The number of benzene rings is 1. The highest BCUT2D eigenvalue weighted by molar-refractivity contribution is 5.60. The third kappa shape index (κ3) is 4.27. The molecule has 2 rings (SSSR count). The summed E-state index contributed by atoms with van der Waals surface area (Å²) in [6.07, 6.45) is 11.1. The van der Waals surface area contributed by atoms with Gasteiger partial charge >= 0.3 is 0 Å². The summed E-state index contributed by atoms with van der Waals surface area (Å²) in [7, 11) is 0. The molecular weight excluding hydrogens is 292 g/mol. The van der Waals surface area contributed by atoms with Crippen LogP contribution >= 0.6 is 0 Å². The van der Waals surface area contributed by atoms with Gasteiger partial charge < -0.3 is 5.11 Å². The summed E-state index contributed by atoms with van der Waals surface area (Å²) < 4.78 is 0. The first-order valence-electron chi connectivity index (χ1n) is 9.02. The van der Waals surface area contributed by atoms with E-state index in [1.54, 1.807) is 0 Å². The minimum absolute atomic E-state index is 0.139. The third-order valence-corrected chi connectivity index (χ3v) is 5.12. The summed E-state index contributed by atoms with van der Waals surface area (Å²) in [5.74, 6) is 0.693. The smallest absolute Gasteiger partial charge is 0.0522 e. The van der Waals surface area contributed by atoms with Crippen LogP contribution in [-0.4, -0.2) is 11.7 Å². The highest BCUT2D eigenvalue weighted by Crippen LogP contribution is 2.35. The van der Waals surface area contributed by atoms with Crippen molar-refractivity contribution in [2.45, 2.75) is 60.3 Å². The Morgan fingerprint density at radius 1 is 1.25 bits per heavy atom. The molecule has 130 valence electrons. The molecule has 0 spiro atoms. The van der Waals surface area contributed by atoms with Crippen molar-refractivity contribution >= 4 is 6.08 Å². The number of hydrogen-bond acceptors (Lipinski definition) is 1. The molecule has 1 aliphatic rings. The zero-order chi connectivity index (χ0) is 17.9. The van der Waals surface area contributed by atoms with E-state index < -0.39 is 0 Å². The molecule has 1 aliphatic carbocycles. The molecule has 0 radical (unpaired) electrons. The number of rotatable bonds is 5. The van der Waals surface area contributed by atoms with E-state index in [0.29, 0.717) is 5.92 Å². The fourth-order valence-corrected chi connectivity index (χ4v) is 3.21. The average molecular weight is 325 g/mol. The molecule has 0 saturated carbocycles. The first kappa shape index (κ1) is 18.7. The summed E-state index contributed by atoms with van der Waals surface area (Å²) in [6.45, 7) is 13.0. The maximum absolute atomic E-state index is 9.74. The molecule has 1 atom stereocenters. The number of aliphatic hydroxyl groups is 1. The number of aliphatic hydroxyl groups excluding tert-OH is 1. The fraction of sp³-hybridized carbons (Fsp3) is 0.478. The fourth-order valence-electron chi connectivity index (χ4n) is 3.21. The molecule has 1 nitrogen and oxygen atoms in total. The summed E-state index contributed by atoms with van der Waals surface area (Å²) in [5.41, 5.74) is 7.82. The van der Waals surface area contributed by atoms with E-state index in [1.165, 1.54) is 40.7 Å². The number of fused-ring (bicyclic) bond motifs is 1. The van der Waals surface area contributed by atoms with Crippen LogP contribution in [0.4, 0.5) is 0 Å². The lowest BCUT2D eigenvalue weighted by atomic mass is 9.84. The van der Waals surface area contributed by atoms with Crippen LogP contribution in [-0.2, 0) is 6.42 Å². The largest absolute Gasteiger partial charge is 0.395 e. The lowest BCUT2D eigenvalue weighted by Crippen LogP contribution is -2.18. The minimum Gasteiger partial charge on any atom is -0.395 e. The van der Waals surface area contributed by atoms with E-state index in [2.05, 4.69) is 78.0 Å². The molecule has 0 heterocycles. The van der Waals surface area contributed by atoms with Crippen molar-refractivity contribution in [1.29, 1.82) is 0 Å². The summed E-state index contributed by atoms with van der Waals surface area (Å²) in [6, 6.07) is 4.72. The van der Waals surface area contributed by atoms with E-state index in [4.69, 9.17) is 0 Å². The first-order chi connectivity index (χ1) is 11.2. The molecule has 0 bridgehead atoms. The van der Waals surface area contributed by atoms with Gasteiger partial charge in [0.15, 0.2) is 0 Å². The maximum Gasteiger partial charge on any atom is 0.0522 e. The van der Waals surface area contributed by atoms with Gasteiger partial charge in [0.05, 0.1) is 6.61 Å². The van der Waals surface area contributed by atoms with Gasteiger partial charge in [0, 0.05) is 5.41 Å². The monoisotopic (exact) mass is 324 g/mol. The Bertz CT molecular complexity index is 682. The molecular formula is C23H32O. The van der Waals surface area contributed by atoms with Crippen molar-refractivity contribution < 1.29 is 5.11 Å². The van der Waals surface area contributed by atoms with Gasteiger partial charge in [-0.05, 0) is 67.4 Å². The van der Waals surface area contributed by atoms with Gasteiger partial charge in [-0.1, -0.05) is 62.8 Å². The Hall–Kier alpha value is -1.60. The molecule has 0 aromatic heterocycles. The molecule has 1 unspecified atom stereocenters. The molecule has 24 heavy (non-hydrogen) atoms. The molecule has 0 saturated heterocycles. The minimum atomic E-state index is -0.248. The topological polar surface area (TPSA) is 20.2 Å². The maximum atomic E-state index is 9.74. The second-order valence-electron chi connectivity index (χ2n) is 8.09. The van der Waals surface area contributed by atoms with Crippen LogP contribution in [0.1, 0.15) is 69.2 Å². The molecule has 0 amide bonds. The van der Waals surface area contributed by atoms with E-state index in [1.807, 2.05) is 0 Å². The second kappa shape index (κ2) is 7.53. The van der Waals surface area contributed by atoms with E-state index in [0.717, 1.165) is 5.57 Å². The van der Waals surface area contributed by atoms with Crippen molar-refractivity contribution in [2.24, 2.45) is 5.41 Å². The third-order valence-electron chi connectivity index (χ3n) is 5.12. The molecule has 1 aromatic carbocycles. The van der Waals surface area contributed by atoms with Gasteiger partial charge in [0.25, 0.3) is 0 Å². The number of hydrogen-bond donors (Lipinski definition) is 1. The van der Waals surface area contributed by atoms with E-state index in [9.17, 15) is 5.11 Å². The van der Waals surface area contributed by atoms with Crippen LogP contribution in [0, 0.1) is 12.3 Å². The van der Waals surface area contributed by atoms with Crippen molar-refractivity contribution in [3.63, 3.8) is 0 Å². The predicted octanol–water partition coefficient (Wildman–Crippen LogP) is 5.97. The highest BCUT2D eigenvalue weighted by atomic mass is 16.3. The van der Waals surface area contributed by atoms with Crippen LogP contribution in [0.5, 0.6) is 0 Å². The van der Waals surface area contributed by atoms with Crippen LogP contribution in [0.3, 0.4) is 0 Å². The summed E-state index contributed by atoms with van der Waals surface area (Å²) in [5, 5.41) is 9.74. The van der Waals surface area contributed by atoms with Gasteiger partial charge in [-0.15, -0.1) is 0 Å². The Morgan fingerprint density at radius 2 is 1.96 bits per heavy atom. The molecule has 1 aromatic rings. The van der Waals surface area contributed by atoms with E-state index >= 15 is 0 Å². The molecule has 0 aliphatic heterocycles. The van der Waals surface area contributed by atoms with Gasteiger partial charge in [-0.25, -0.2) is 0 Å². The Morgan fingerprint density at radius 3 is 2.58 bits per heavy atom. The summed E-state index contributed by atoms with van der Waals surface area (Å²) >= 11 is 0. The van der Waals surface area contributed by atoms with Crippen LogP contribution in [0.15, 0.2) is 41.5 Å². The standard InChI is InChI=1S/C23H32O/c1-16(2)7-11-21(23(5,6)15-24)12-10-19-14-20-9-8-17(3)22(20)13-18(19)4/h7,10-14,17,24H,8-9,15H2,1-6H3/b12-10+,21-11+. The van der Waals surface area contributed by atoms with Gasteiger partial charge in [0.1, 0.15) is 0 Å². The van der Waals surface area contributed by atoms with Crippen LogP contribution < -0.4 is 0 Å². The predicted molar refractivity (Wildman–Crippen MR) is 105 cm³/mol. The van der Waals surface area contributed by atoms with Crippen LogP contribution in [0.2, 0.25) is 0 Å². The molecule has 1 N–H and O–H groups in total. The highest BCUT2D eigenvalue weighted by Gasteiger charge is 2.21. The van der Waals surface area contributed by atoms with Gasteiger partial charge in [-0.2, -0.15) is 0 Å². The summed E-state index contributed by atoms with van der Waals surface area (Å²) in [4.78, 5) is 0. The van der Waals surface area contributed by atoms with Gasteiger partial charge in [-0.3, -0.25) is 0 Å².